The Balaban J connectivity index is 1.40. The summed E-state index contributed by atoms with van der Waals surface area (Å²) in [5.41, 5.74) is 10.9. The fourth-order valence-corrected chi connectivity index (χ4v) is 5.63. The van der Waals surface area contributed by atoms with Crippen LogP contribution in [0.5, 0.6) is 11.5 Å². The number of aliphatic hydroxyl groups is 1. The number of carbonyl (C=O) groups excluding carboxylic acids is 1. The van der Waals surface area contributed by atoms with Gasteiger partial charge in [-0.15, -0.1) is 0 Å². The highest BCUT2D eigenvalue weighted by Gasteiger charge is 2.28. The molecular formula is C33H31O5-. The molecule has 0 spiro atoms. The van der Waals surface area contributed by atoms with E-state index in [0.29, 0.717) is 6.61 Å². The number of carboxylic acid groups (broad SMARTS) is 1. The third-order valence-electron chi connectivity index (χ3n) is 7.37. The monoisotopic (exact) mass is 507 g/mol. The lowest BCUT2D eigenvalue weighted by molar-refractivity contribution is -0.305. The summed E-state index contributed by atoms with van der Waals surface area (Å²) < 4.78 is 11.9. The predicted octanol–water partition coefficient (Wildman–Crippen LogP) is 5.48. The van der Waals surface area contributed by atoms with Gasteiger partial charge >= 0.3 is 0 Å². The van der Waals surface area contributed by atoms with Crippen LogP contribution in [0.2, 0.25) is 0 Å². The van der Waals surface area contributed by atoms with Crippen molar-refractivity contribution in [2.24, 2.45) is 0 Å². The van der Waals surface area contributed by atoms with Gasteiger partial charge in [-0.2, -0.15) is 0 Å². The van der Waals surface area contributed by atoms with Gasteiger partial charge in [0.2, 0.25) is 0 Å². The molecule has 0 heterocycles. The number of aliphatic carboxylic acids is 1. The minimum Gasteiger partial charge on any atom is -0.550 e. The van der Waals surface area contributed by atoms with E-state index in [2.05, 4.69) is 39.0 Å². The molecule has 5 nitrogen and oxygen atoms in total. The number of rotatable bonds is 9. The van der Waals surface area contributed by atoms with Gasteiger partial charge in [0.1, 0.15) is 24.7 Å². The van der Waals surface area contributed by atoms with Gasteiger partial charge in [-0.05, 0) is 107 Å². The largest absolute Gasteiger partial charge is 0.550 e. The van der Waals surface area contributed by atoms with Gasteiger partial charge in [0, 0.05) is 11.9 Å². The van der Waals surface area contributed by atoms with Crippen molar-refractivity contribution in [1.82, 2.24) is 0 Å². The standard InChI is InChI=1S/C33H32O5/c1-20-15-25(37-14-13-34)16-21(2)33(20)26-10-6-7-23(22(26)3)19-38-24-11-12-29-30(17-24)27-8-4-5-9-28(27)31(29)18-32(35)36/h4-12,15-17,31,34H,13-14,18-19H2,1-3H3,(H,35,36)/p-1. The summed E-state index contributed by atoms with van der Waals surface area (Å²) in [6.45, 7) is 6.94. The minimum absolute atomic E-state index is 0.0157. The maximum atomic E-state index is 11.4. The van der Waals surface area contributed by atoms with Crippen LogP contribution in [0.3, 0.4) is 0 Å². The Morgan fingerprint density at radius 1 is 0.816 bits per heavy atom. The van der Waals surface area contributed by atoms with Crippen molar-refractivity contribution in [3.05, 3.63) is 106 Å². The number of carbonyl (C=O) groups is 1. The maximum absolute atomic E-state index is 11.4. The molecule has 0 fully saturated rings. The molecule has 0 aliphatic heterocycles. The molecule has 0 saturated carbocycles. The molecule has 194 valence electrons. The second-order valence-electron chi connectivity index (χ2n) is 9.85. The molecular weight excluding hydrogens is 476 g/mol. The van der Waals surface area contributed by atoms with Gasteiger partial charge in [0.15, 0.2) is 0 Å². The average molecular weight is 508 g/mol. The SMILES string of the molecule is Cc1cc(OCCO)cc(C)c1-c1cccc(COc2ccc3c(c2)-c2ccccc2C3CC(=O)[O-])c1C. The quantitative estimate of drug-likeness (QED) is 0.325. The number of hydrogen-bond acceptors (Lipinski definition) is 5. The van der Waals surface area contributed by atoms with Crippen LogP contribution in [-0.4, -0.2) is 24.3 Å². The molecule has 0 saturated heterocycles. The summed E-state index contributed by atoms with van der Waals surface area (Å²) in [5, 5.41) is 20.5. The Hall–Kier alpha value is -4.09. The number of fused-ring (bicyclic) bond motifs is 3. The van der Waals surface area contributed by atoms with Crippen molar-refractivity contribution in [2.45, 2.75) is 39.7 Å². The molecule has 1 aliphatic rings. The van der Waals surface area contributed by atoms with Crippen molar-refractivity contribution in [1.29, 1.82) is 0 Å². The topological polar surface area (TPSA) is 78.8 Å². The molecule has 1 atom stereocenters. The van der Waals surface area contributed by atoms with Crippen LogP contribution in [0.15, 0.2) is 72.8 Å². The summed E-state index contributed by atoms with van der Waals surface area (Å²) >= 11 is 0. The van der Waals surface area contributed by atoms with E-state index in [9.17, 15) is 9.90 Å². The number of benzene rings is 4. The van der Waals surface area contributed by atoms with Crippen LogP contribution < -0.4 is 14.6 Å². The number of ether oxygens (including phenoxy) is 2. The first-order valence-corrected chi connectivity index (χ1v) is 12.9. The van der Waals surface area contributed by atoms with E-state index in [0.717, 1.165) is 61.6 Å². The zero-order valence-corrected chi connectivity index (χ0v) is 21.9. The maximum Gasteiger partial charge on any atom is 0.120 e. The third kappa shape index (κ3) is 4.90. The Bertz CT molecular complexity index is 1480. The van der Waals surface area contributed by atoms with Crippen molar-refractivity contribution in [2.75, 3.05) is 13.2 Å². The molecule has 4 aromatic rings. The number of aryl methyl sites for hydroxylation is 2. The average Bonchev–Trinajstić information content (AvgIpc) is 3.20. The van der Waals surface area contributed by atoms with E-state index in [1.54, 1.807) is 0 Å². The van der Waals surface area contributed by atoms with Crippen molar-refractivity contribution in [3.63, 3.8) is 0 Å². The van der Waals surface area contributed by atoms with Crippen molar-refractivity contribution >= 4 is 5.97 Å². The van der Waals surface area contributed by atoms with Crippen LogP contribution in [0, 0.1) is 20.8 Å². The third-order valence-corrected chi connectivity index (χ3v) is 7.37. The Labute approximate surface area is 223 Å². The summed E-state index contributed by atoms with van der Waals surface area (Å²) in [6, 6.07) is 24.2. The lowest BCUT2D eigenvalue weighted by Gasteiger charge is -2.18. The molecule has 1 N–H and O–H groups in total. The van der Waals surface area contributed by atoms with Gasteiger partial charge in [-0.25, -0.2) is 0 Å². The summed E-state index contributed by atoms with van der Waals surface area (Å²) in [4.78, 5) is 11.4. The zero-order valence-electron chi connectivity index (χ0n) is 21.9. The molecule has 0 aromatic heterocycles. The number of hydrogen-bond donors (Lipinski definition) is 1. The highest BCUT2D eigenvalue weighted by atomic mass is 16.5. The summed E-state index contributed by atoms with van der Waals surface area (Å²) in [5.74, 6) is 0.252. The lowest BCUT2D eigenvalue weighted by atomic mass is 9.90. The van der Waals surface area contributed by atoms with E-state index < -0.39 is 5.97 Å². The number of carboxylic acids is 1. The lowest BCUT2D eigenvalue weighted by Crippen LogP contribution is -2.24. The van der Waals surface area contributed by atoms with Gasteiger partial charge in [-0.1, -0.05) is 48.5 Å². The van der Waals surface area contributed by atoms with Crippen LogP contribution in [0.4, 0.5) is 0 Å². The van der Waals surface area contributed by atoms with Crippen LogP contribution >= 0.6 is 0 Å². The molecule has 1 unspecified atom stereocenters. The molecule has 38 heavy (non-hydrogen) atoms. The van der Waals surface area contributed by atoms with E-state index in [-0.39, 0.29) is 25.6 Å². The fourth-order valence-electron chi connectivity index (χ4n) is 5.63. The van der Waals surface area contributed by atoms with Crippen molar-refractivity contribution < 1.29 is 24.5 Å². The second-order valence-corrected chi connectivity index (χ2v) is 9.85. The molecule has 0 amide bonds. The molecule has 4 aromatic carbocycles. The normalized spacial score (nSPS) is 13.6. The Morgan fingerprint density at radius 3 is 2.26 bits per heavy atom. The molecule has 0 bridgehead atoms. The predicted molar refractivity (Wildman–Crippen MR) is 146 cm³/mol. The fraction of sp³-hybridized carbons (Fsp3) is 0.242. The Kier molecular flexibility index (Phi) is 7.21. The van der Waals surface area contributed by atoms with E-state index in [1.807, 2.05) is 54.6 Å². The first kappa shape index (κ1) is 25.6. The van der Waals surface area contributed by atoms with E-state index in [1.165, 1.54) is 5.56 Å². The van der Waals surface area contributed by atoms with Crippen molar-refractivity contribution in [3.8, 4) is 33.8 Å². The summed E-state index contributed by atoms with van der Waals surface area (Å²) in [7, 11) is 0. The van der Waals surface area contributed by atoms with Crippen LogP contribution in [0.1, 0.15) is 45.7 Å². The molecule has 1 aliphatic carbocycles. The van der Waals surface area contributed by atoms with Gasteiger partial charge in [0.25, 0.3) is 0 Å². The first-order valence-electron chi connectivity index (χ1n) is 12.9. The zero-order chi connectivity index (χ0) is 26.8. The van der Waals surface area contributed by atoms with E-state index >= 15 is 0 Å². The van der Waals surface area contributed by atoms with Crippen LogP contribution in [0.25, 0.3) is 22.3 Å². The smallest absolute Gasteiger partial charge is 0.120 e. The highest BCUT2D eigenvalue weighted by molar-refractivity contribution is 5.82. The number of aliphatic hydroxyl groups excluding tert-OH is 1. The van der Waals surface area contributed by atoms with Gasteiger partial charge in [0.05, 0.1) is 6.61 Å². The molecule has 5 rings (SSSR count). The second kappa shape index (κ2) is 10.7. The highest BCUT2D eigenvalue weighted by Crippen LogP contribution is 2.47. The molecule has 5 heteroatoms. The first-order chi connectivity index (χ1) is 18.4. The van der Waals surface area contributed by atoms with Gasteiger partial charge < -0.3 is 24.5 Å². The van der Waals surface area contributed by atoms with Gasteiger partial charge in [-0.3, -0.25) is 0 Å². The van der Waals surface area contributed by atoms with Crippen LogP contribution in [-0.2, 0) is 11.4 Å². The summed E-state index contributed by atoms with van der Waals surface area (Å²) in [6.07, 6.45) is -0.0381. The Morgan fingerprint density at radius 2 is 1.53 bits per heavy atom. The van der Waals surface area contributed by atoms with E-state index in [4.69, 9.17) is 14.6 Å². The molecule has 0 radical (unpaired) electrons. The minimum atomic E-state index is -1.05.